The zero-order valence-corrected chi connectivity index (χ0v) is 10.9. The van der Waals surface area contributed by atoms with Crippen LogP contribution in [0.2, 0.25) is 0 Å². The number of hydrogen-bond donors (Lipinski definition) is 0. The van der Waals surface area contributed by atoms with E-state index in [4.69, 9.17) is 4.74 Å². The molecule has 2 atom stereocenters. The van der Waals surface area contributed by atoms with Crippen molar-refractivity contribution < 1.29 is 14.5 Å². The van der Waals surface area contributed by atoms with Crippen LogP contribution >= 0.6 is 0 Å². The normalized spacial score (nSPS) is 23.4. The minimum absolute atomic E-state index is 0.0189. The van der Waals surface area contributed by atoms with Crippen LogP contribution in [0.4, 0.5) is 5.69 Å². The van der Waals surface area contributed by atoms with Crippen LogP contribution in [0.5, 0.6) is 5.75 Å². The van der Waals surface area contributed by atoms with E-state index in [1.54, 1.807) is 6.08 Å². The van der Waals surface area contributed by atoms with Gasteiger partial charge < -0.3 is 4.74 Å². The Bertz CT molecular complexity index is 660. The van der Waals surface area contributed by atoms with Crippen LogP contribution in [-0.2, 0) is 4.79 Å². The first kappa shape index (κ1) is 12.6. The lowest BCUT2D eigenvalue weighted by Gasteiger charge is -2.32. The topological polar surface area (TPSA) is 69.4 Å². The van der Waals surface area contributed by atoms with Crippen molar-refractivity contribution in [3.8, 4) is 5.75 Å². The van der Waals surface area contributed by atoms with E-state index in [1.807, 2.05) is 19.1 Å². The molecule has 5 nitrogen and oxygen atoms in total. The molecule has 0 unspecified atom stereocenters. The van der Waals surface area contributed by atoms with Crippen LogP contribution in [0.25, 0.3) is 0 Å². The van der Waals surface area contributed by atoms with E-state index in [2.05, 4.69) is 0 Å². The molecular weight excluding hydrogens is 258 g/mol. The molecule has 0 aromatic heterocycles. The van der Waals surface area contributed by atoms with Crippen molar-refractivity contribution in [3.05, 3.63) is 57.7 Å². The Labute approximate surface area is 115 Å². The van der Waals surface area contributed by atoms with Gasteiger partial charge in [0.25, 0.3) is 5.69 Å². The minimum atomic E-state index is -0.431. The molecule has 5 heteroatoms. The Morgan fingerprint density at radius 1 is 1.40 bits per heavy atom. The second-order valence-corrected chi connectivity index (χ2v) is 4.93. The van der Waals surface area contributed by atoms with Crippen LogP contribution in [0.1, 0.15) is 24.8 Å². The maximum absolute atomic E-state index is 12.0. The number of carbonyl (C=O) groups is 1. The number of carbonyl (C=O) groups excluding carboxylic acids is 1. The van der Waals surface area contributed by atoms with Gasteiger partial charge in [-0.25, -0.2) is 4.79 Å². The third kappa shape index (κ3) is 1.82. The van der Waals surface area contributed by atoms with E-state index in [-0.39, 0.29) is 23.5 Å². The fourth-order valence-electron chi connectivity index (χ4n) is 2.86. The van der Waals surface area contributed by atoms with E-state index in [9.17, 15) is 14.9 Å². The number of rotatable bonds is 2. The molecule has 1 aromatic carbocycles. The summed E-state index contributed by atoms with van der Waals surface area (Å²) in [6.07, 6.45) is 6.48. The highest BCUT2D eigenvalue weighted by Gasteiger charge is 2.38. The molecule has 1 heterocycles. The van der Waals surface area contributed by atoms with E-state index in [0.29, 0.717) is 11.3 Å². The molecule has 0 spiro atoms. The summed E-state index contributed by atoms with van der Waals surface area (Å²) < 4.78 is 5.27. The van der Waals surface area contributed by atoms with Gasteiger partial charge in [-0.3, -0.25) is 10.1 Å². The van der Waals surface area contributed by atoms with Crippen molar-refractivity contribution in [3.63, 3.8) is 0 Å². The number of hydrogen-bond acceptors (Lipinski definition) is 4. The molecule has 0 radical (unpaired) electrons. The first-order valence-corrected chi connectivity index (χ1v) is 6.50. The Balaban J connectivity index is 2.17. The van der Waals surface area contributed by atoms with Gasteiger partial charge in [0.2, 0.25) is 0 Å². The minimum Gasteiger partial charge on any atom is -0.423 e. The first-order chi connectivity index (χ1) is 9.61. The number of benzene rings is 1. The molecular formula is C15H13NO4. The number of allylic oxidation sites excluding steroid dienone is 3. The summed E-state index contributed by atoms with van der Waals surface area (Å²) in [4.78, 5) is 22.5. The van der Waals surface area contributed by atoms with Crippen molar-refractivity contribution >= 4 is 11.7 Å². The van der Waals surface area contributed by atoms with Crippen LogP contribution < -0.4 is 4.74 Å². The quantitative estimate of drug-likeness (QED) is 0.358. The van der Waals surface area contributed by atoms with Crippen LogP contribution in [0.15, 0.2) is 42.0 Å². The lowest BCUT2D eigenvalue weighted by atomic mass is 9.75. The number of non-ortho nitro benzene ring substituents is 1. The zero-order chi connectivity index (χ0) is 14.3. The fraction of sp³-hybridized carbons (Fsp3) is 0.267. The number of nitrogens with zero attached hydrogens (tertiary/aromatic N) is 1. The van der Waals surface area contributed by atoms with Crippen molar-refractivity contribution in [1.82, 2.24) is 0 Å². The molecule has 0 N–H and O–H groups in total. The van der Waals surface area contributed by atoms with Gasteiger partial charge in [0.1, 0.15) is 5.75 Å². The monoisotopic (exact) mass is 271 g/mol. The molecule has 0 saturated carbocycles. The highest BCUT2D eigenvalue weighted by molar-refractivity contribution is 5.95. The zero-order valence-electron chi connectivity index (χ0n) is 10.9. The van der Waals surface area contributed by atoms with Crippen LogP contribution in [0, 0.1) is 16.0 Å². The van der Waals surface area contributed by atoms with E-state index in [1.165, 1.54) is 18.2 Å². The van der Waals surface area contributed by atoms with Gasteiger partial charge in [0.05, 0.1) is 4.92 Å². The van der Waals surface area contributed by atoms with Crippen molar-refractivity contribution in [1.29, 1.82) is 0 Å². The first-order valence-electron chi connectivity index (χ1n) is 6.50. The van der Waals surface area contributed by atoms with Crippen molar-refractivity contribution in [2.45, 2.75) is 19.3 Å². The molecule has 1 aliphatic carbocycles. The molecule has 2 aliphatic rings. The predicted octanol–water partition coefficient (Wildman–Crippen LogP) is 3.12. The second kappa shape index (κ2) is 4.59. The van der Waals surface area contributed by atoms with Gasteiger partial charge in [-0.1, -0.05) is 25.2 Å². The number of esters is 1. The molecule has 0 amide bonds. The van der Waals surface area contributed by atoms with Gasteiger partial charge in [-0.2, -0.15) is 0 Å². The largest absolute Gasteiger partial charge is 0.423 e. The number of ether oxygens (including phenoxy) is 1. The summed E-state index contributed by atoms with van der Waals surface area (Å²) in [6, 6.07) is 4.38. The van der Waals surface area contributed by atoms with E-state index >= 15 is 0 Å². The number of nitro benzene ring substituents is 1. The van der Waals surface area contributed by atoms with Gasteiger partial charge >= 0.3 is 5.97 Å². The average molecular weight is 271 g/mol. The standard InChI is InChI=1S/C15H13NO4/c1-2-9-4-3-5-11-14(9)12-8-10(16(18)19)6-7-13(12)20-15(11)17/h3-9,14H,2H2,1H3/t9-,14+/m1/s1. The van der Waals surface area contributed by atoms with Crippen LogP contribution in [0.3, 0.4) is 0 Å². The van der Waals surface area contributed by atoms with Gasteiger partial charge in [-0.05, 0) is 18.4 Å². The van der Waals surface area contributed by atoms with Crippen molar-refractivity contribution in [2.75, 3.05) is 0 Å². The molecule has 102 valence electrons. The summed E-state index contributed by atoms with van der Waals surface area (Å²) >= 11 is 0. The molecule has 0 bridgehead atoms. The second-order valence-electron chi connectivity index (χ2n) is 4.93. The third-order valence-corrected chi connectivity index (χ3v) is 3.85. The lowest BCUT2D eigenvalue weighted by molar-refractivity contribution is -0.385. The van der Waals surface area contributed by atoms with Gasteiger partial charge in [-0.15, -0.1) is 0 Å². The highest BCUT2D eigenvalue weighted by Crippen LogP contribution is 2.46. The number of nitro groups is 1. The fourth-order valence-corrected chi connectivity index (χ4v) is 2.86. The third-order valence-electron chi connectivity index (χ3n) is 3.85. The Hall–Kier alpha value is -2.43. The molecule has 1 aromatic rings. The van der Waals surface area contributed by atoms with E-state index in [0.717, 1.165) is 12.0 Å². The SMILES string of the molecule is CC[C@@H]1C=CC=C2C(=O)Oc3ccc([N+](=O)[O-])cc3[C@H]21. The highest BCUT2D eigenvalue weighted by atomic mass is 16.6. The maximum Gasteiger partial charge on any atom is 0.340 e. The molecule has 3 rings (SSSR count). The summed E-state index contributed by atoms with van der Waals surface area (Å²) in [5, 5.41) is 10.9. The lowest BCUT2D eigenvalue weighted by Crippen LogP contribution is -2.29. The van der Waals surface area contributed by atoms with E-state index < -0.39 is 4.92 Å². The molecule has 0 saturated heterocycles. The van der Waals surface area contributed by atoms with Crippen LogP contribution in [-0.4, -0.2) is 10.9 Å². The van der Waals surface area contributed by atoms with Crippen molar-refractivity contribution in [2.24, 2.45) is 5.92 Å². The Morgan fingerprint density at radius 2 is 2.20 bits per heavy atom. The Kier molecular flexibility index (Phi) is 2.89. The summed E-state index contributed by atoms with van der Waals surface area (Å²) in [7, 11) is 0. The maximum atomic E-state index is 12.0. The predicted molar refractivity (Wildman–Crippen MR) is 72.5 cm³/mol. The summed E-state index contributed by atoms with van der Waals surface area (Å²) in [6.45, 7) is 2.04. The molecule has 1 aliphatic heterocycles. The smallest absolute Gasteiger partial charge is 0.340 e. The van der Waals surface area contributed by atoms with Gasteiger partial charge in [0.15, 0.2) is 0 Å². The molecule has 0 fully saturated rings. The Morgan fingerprint density at radius 3 is 2.90 bits per heavy atom. The summed E-state index contributed by atoms with van der Waals surface area (Å²) in [5.41, 5.74) is 1.32. The molecule has 20 heavy (non-hydrogen) atoms. The average Bonchev–Trinajstić information content (AvgIpc) is 2.46. The van der Waals surface area contributed by atoms with Gasteiger partial charge in [0, 0.05) is 29.2 Å². The summed E-state index contributed by atoms with van der Waals surface area (Å²) in [5.74, 6) is 0.0698. The number of fused-ring (bicyclic) bond motifs is 3.